The molecular weight excluding hydrogens is 308 g/mol. The van der Waals surface area contributed by atoms with E-state index in [0.29, 0.717) is 31.4 Å². The second-order valence-corrected chi connectivity index (χ2v) is 6.38. The van der Waals surface area contributed by atoms with Crippen molar-refractivity contribution in [1.29, 1.82) is 0 Å². The summed E-state index contributed by atoms with van der Waals surface area (Å²) in [5.74, 6) is 0.993. The zero-order valence-corrected chi connectivity index (χ0v) is 13.4. The second-order valence-electron chi connectivity index (χ2n) is 6.38. The van der Waals surface area contributed by atoms with Crippen molar-refractivity contribution in [1.82, 2.24) is 14.9 Å². The molecule has 24 heavy (non-hydrogen) atoms. The molecule has 2 saturated heterocycles. The van der Waals surface area contributed by atoms with Crippen LogP contribution in [0.5, 0.6) is 0 Å². The molecule has 0 unspecified atom stereocenters. The van der Waals surface area contributed by atoms with Gasteiger partial charge in [-0.15, -0.1) is 0 Å². The molecule has 0 aromatic carbocycles. The van der Waals surface area contributed by atoms with Crippen LogP contribution in [0, 0.1) is 0 Å². The third-order valence-corrected chi connectivity index (χ3v) is 4.80. The Morgan fingerprint density at radius 1 is 1.25 bits per heavy atom. The van der Waals surface area contributed by atoms with Gasteiger partial charge in [0.15, 0.2) is 5.76 Å². The van der Waals surface area contributed by atoms with E-state index in [9.17, 15) is 4.79 Å². The number of ether oxygens (including phenoxy) is 1. The first kappa shape index (κ1) is 15.1. The summed E-state index contributed by atoms with van der Waals surface area (Å²) in [5.41, 5.74) is -0.146. The largest absolute Gasteiger partial charge is 0.459 e. The van der Waals surface area contributed by atoms with Gasteiger partial charge in [0.2, 0.25) is 5.95 Å². The Bertz CT molecular complexity index is 681. The van der Waals surface area contributed by atoms with E-state index in [1.807, 2.05) is 4.90 Å². The van der Waals surface area contributed by atoms with Gasteiger partial charge in [-0.1, -0.05) is 0 Å². The summed E-state index contributed by atoms with van der Waals surface area (Å²) >= 11 is 0. The summed E-state index contributed by atoms with van der Waals surface area (Å²) in [6.45, 7) is 2.02. The van der Waals surface area contributed by atoms with Crippen LogP contribution in [0.15, 0.2) is 41.3 Å². The zero-order chi connectivity index (χ0) is 16.4. The monoisotopic (exact) mass is 328 g/mol. The van der Waals surface area contributed by atoms with Gasteiger partial charge in [0.25, 0.3) is 5.91 Å². The second kappa shape index (κ2) is 6.24. The molecule has 2 aromatic rings. The molecule has 0 radical (unpaired) electrons. The molecule has 2 fully saturated rings. The Balaban J connectivity index is 1.33. The van der Waals surface area contributed by atoms with Crippen LogP contribution >= 0.6 is 0 Å². The van der Waals surface area contributed by atoms with E-state index in [-0.39, 0.29) is 17.6 Å². The Labute approximate surface area is 140 Å². The maximum absolute atomic E-state index is 12.3. The van der Waals surface area contributed by atoms with Crippen molar-refractivity contribution in [3.05, 3.63) is 42.6 Å². The molecule has 7 nitrogen and oxygen atoms in total. The SMILES string of the molecule is O=C(c1ccco1)N1CCC2(CC1)C[C@H](Nc1ncccn1)CO2. The molecule has 4 heterocycles. The smallest absolute Gasteiger partial charge is 0.289 e. The standard InChI is InChI=1S/C17H20N4O3/c22-15(14-3-1-10-23-14)21-8-4-17(5-9-21)11-13(12-24-17)20-16-18-6-2-7-19-16/h1-3,6-7,10,13H,4-5,8-9,11-12H2,(H,18,19,20)/t13-/m0/s1. The Morgan fingerprint density at radius 2 is 2.04 bits per heavy atom. The Morgan fingerprint density at radius 3 is 2.75 bits per heavy atom. The number of anilines is 1. The summed E-state index contributed by atoms with van der Waals surface area (Å²) in [6, 6.07) is 5.45. The minimum atomic E-state index is -0.146. The summed E-state index contributed by atoms with van der Waals surface area (Å²) in [4.78, 5) is 22.6. The molecule has 1 atom stereocenters. The quantitative estimate of drug-likeness (QED) is 0.927. The summed E-state index contributed by atoms with van der Waals surface area (Å²) in [5, 5.41) is 3.33. The van der Waals surface area contributed by atoms with Gasteiger partial charge in [-0.2, -0.15) is 0 Å². The molecular formula is C17H20N4O3. The minimum absolute atomic E-state index is 0.0415. The van der Waals surface area contributed by atoms with E-state index in [1.165, 1.54) is 6.26 Å². The van der Waals surface area contributed by atoms with E-state index >= 15 is 0 Å². The number of carbonyl (C=O) groups is 1. The van der Waals surface area contributed by atoms with Gasteiger partial charge in [0.05, 0.1) is 24.5 Å². The molecule has 7 heteroatoms. The number of likely N-dealkylation sites (tertiary alicyclic amines) is 1. The van der Waals surface area contributed by atoms with Gasteiger partial charge < -0.3 is 19.4 Å². The molecule has 2 aliphatic rings. The number of amides is 1. The van der Waals surface area contributed by atoms with Crippen LogP contribution < -0.4 is 5.32 Å². The van der Waals surface area contributed by atoms with Crippen LogP contribution in [-0.2, 0) is 4.74 Å². The number of furan rings is 1. The predicted molar refractivity (Wildman–Crippen MR) is 86.6 cm³/mol. The van der Waals surface area contributed by atoms with Crippen molar-refractivity contribution in [3.63, 3.8) is 0 Å². The van der Waals surface area contributed by atoms with Crippen LogP contribution in [0.4, 0.5) is 5.95 Å². The highest BCUT2D eigenvalue weighted by molar-refractivity contribution is 5.91. The number of nitrogens with zero attached hydrogens (tertiary/aromatic N) is 3. The number of rotatable bonds is 3. The van der Waals surface area contributed by atoms with Gasteiger partial charge in [0.1, 0.15) is 0 Å². The van der Waals surface area contributed by atoms with Crippen LogP contribution in [0.2, 0.25) is 0 Å². The first-order chi connectivity index (χ1) is 11.7. The highest BCUT2D eigenvalue weighted by atomic mass is 16.5. The highest BCUT2D eigenvalue weighted by Crippen LogP contribution is 2.37. The van der Waals surface area contributed by atoms with E-state index in [0.717, 1.165) is 19.3 Å². The number of aromatic nitrogens is 2. The molecule has 4 rings (SSSR count). The molecule has 1 amide bonds. The minimum Gasteiger partial charge on any atom is -0.459 e. The van der Waals surface area contributed by atoms with Crippen LogP contribution in [-0.4, -0.2) is 52.1 Å². The van der Waals surface area contributed by atoms with Crippen molar-refractivity contribution in [2.24, 2.45) is 0 Å². The van der Waals surface area contributed by atoms with Crippen molar-refractivity contribution in [3.8, 4) is 0 Å². The third kappa shape index (κ3) is 2.99. The lowest BCUT2D eigenvalue weighted by atomic mass is 9.87. The number of hydrogen-bond donors (Lipinski definition) is 1. The van der Waals surface area contributed by atoms with Gasteiger partial charge in [-0.25, -0.2) is 9.97 Å². The maximum Gasteiger partial charge on any atom is 0.289 e. The lowest BCUT2D eigenvalue weighted by molar-refractivity contribution is -0.0392. The van der Waals surface area contributed by atoms with E-state index in [1.54, 1.807) is 30.6 Å². The normalized spacial score (nSPS) is 22.7. The fourth-order valence-electron chi connectivity index (χ4n) is 3.52. The van der Waals surface area contributed by atoms with Gasteiger partial charge in [-0.3, -0.25) is 4.79 Å². The molecule has 126 valence electrons. The van der Waals surface area contributed by atoms with Crippen molar-refractivity contribution >= 4 is 11.9 Å². The molecule has 2 aliphatic heterocycles. The molecule has 1 spiro atoms. The van der Waals surface area contributed by atoms with Crippen LogP contribution in [0.3, 0.4) is 0 Å². The Hall–Kier alpha value is -2.41. The molecule has 0 saturated carbocycles. The topological polar surface area (TPSA) is 80.5 Å². The van der Waals surface area contributed by atoms with Crippen molar-refractivity contribution in [2.45, 2.75) is 30.9 Å². The van der Waals surface area contributed by atoms with E-state index in [2.05, 4.69) is 15.3 Å². The van der Waals surface area contributed by atoms with Gasteiger partial charge >= 0.3 is 0 Å². The molecule has 1 N–H and O–H groups in total. The molecule has 0 aliphatic carbocycles. The average Bonchev–Trinajstić information content (AvgIpc) is 3.27. The molecule has 0 bridgehead atoms. The first-order valence-corrected chi connectivity index (χ1v) is 8.24. The predicted octanol–water partition coefficient (Wildman–Crippen LogP) is 1.95. The Kier molecular flexibility index (Phi) is 3.93. The number of carbonyl (C=O) groups excluding carboxylic acids is 1. The fourth-order valence-corrected chi connectivity index (χ4v) is 3.52. The summed E-state index contributed by atoms with van der Waals surface area (Å²) < 4.78 is 11.3. The van der Waals surface area contributed by atoms with Crippen molar-refractivity contribution in [2.75, 3.05) is 25.0 Å². The fraction of sp³-hybridized carbons (Fsp3) is 0.471. The average molecular weight is 328 g/mol. The summed E-state index contributed by atoms with van der Waals surface area (Å²) in [6.07, 6.45) is 7.56. The van der Waals surface area contributed by atoms with Crippen LogP contribution in [0.1, 0.15) is 29.8 Å². The van der Waals surface area contributed by atoms with E-state index in [4.69, 9.17) is 9.15 Å². The highest BCUT2D eigenvalue weighted by Gasteiger charge is 2.43. The first-order valence-electron chi connectivity index (χ1n) is 8.24. The molecule has 2 aromatic heterocycles. The maximum atomic E-state index is 12.3. The third-order valence-electron chi connectivity index (χ3n) is 4.80. The van der Waals surface area contributed by atoms with Crippen LogP contribution in [0.25, 0.3) is 0 Å². The van der Waals surface area contributed by atoms with Gasteiger partial charge in [0, 0.05) is 25.5 Å². The number of nitrogens with one attached hydrogen (secondary N) is 1. The van der Waals surface area contributed by atoms with Gasteiger partial charge in [-0.05, 0) is 37.5 Å². The van der Waals surface area contributed by atoms with Crippen molar-refractivity contribution < 1.29 is 13.9 Å². The number of hydrogen-bond acceptors (Lipinski definition) is 6. The lowest BCUT2D eigenvalue weighted by Crippen LogP contribution is -2.46. The number of piperidine rings is 1. The lowest BCUT2D eigenvalue weighted by Gasteiger charge is -2.38. The summed E-state index contributed by atoms with van der Waals surface area (Å²) in [7, 11) is 0. The zero-order valence-electron chi connectivity index (χ0n) is 13.4. The van der Waals surface area contributed by atoms with E-state index < -0.39 is 0 Å².